The number of rotatable bonds is 9. The van der Waals surface area contributed by atoms with Crippen LogP contribution in [-0.2, 0) is 6.54 Å². The van der Waals surface area contributed by atoms with Gasteiger partial charge in [-0.3, -0.25) is 14.6 Å². The van der Waals surface area contributed by atoms with Crippen LogP contribution in [0.4, 0.5) is 8.78 Å². The number of hydrogen-bond acceptors (Lipinski definition) is 5. The van der Waals surface area contributed by atoms with Gasteiger partial charge in [-0.25, -0.2) is 0 Å². The van der Waals surface area contributed by atoms with Crippen molar-refractivity contribution in [2.24, 2.45) is 0 Å². The Kier molecular flexibility index (Phi) is 8.89. The smallest absolute Gasteiger partial charge is 0.387 e. The number of para-hydroxylation sites is 2. The number of halogens is 2. The summed E-state index contributed by atoms with van der Waals surface area (Å²) in [7, 11) is 0. The van der Waals surface area contributed by atoms with E-state index in [1.54, 1.807) is 23.1 Å². The van der Waals surface area contributed by atoms with E-state index in [4.69, 9.17) is 9.72 Å². The summed E-state index contributed by atoms with van der Waals surface area (Å²) < 4.78 is 35.8. The molecule has 0 saturated carbocycles. The molecule has 0 spiro atoms. The Labute approximate surface area is 220 Å². The van der Waals surface area contributed by atoms with E-state index in [-0.39, 0.29) is 29.0 Å². The largest absolute Gasteiger partial charge is 0.494 e. The van der Waals surface area contributed by atoms with Gasteiger partial charge < -0.3 is 19.7 Å². The third-order valence-corrected chi connectivity index (χ3v) is 6.52. The molecule has 9 heteroatoms. The molecule has 4 rings (SSSR count). The lowest BCUT2D eigenvalue weighted by Crippen LogP contribution is -2.38. The quantitative estimate of drug-likeness (QED) is 0.410. The maximum absolute atomic E-state index is 13.2. The summed E-state index contributed by atoms with van der Waals surface area (Å²) in [5.74, 6) is -0.0175. The van der Waals surface area contributed by atoms with Crippen LogP contribution >= 0.6 is 0 Å². The third-order valence-electron chi connectivity index (χ3n) is 6.52. The molecule has 0 unspecified atom stereocenters. The molecule has 7 nitrogen and oxygen atoms in total. The fourth-order valence-corrected chi connectivity index (χ4v) is 4.67. The first-order valence-corrected chi connectivity index (χ1v) is 12.7. The molecule has 0 atom stereocenters. The average Bonchev–Trinajstić information content (AvgIpc) is 2.92. The molecule has 2 heterocycles. The van der Waals surface area contributed by atoms with Crippen LogP contribution in [0.3, 0.4) is 0 Å². The number of carbonyl (C=O) groups is 2. The van der Waals surface area contributed by atoms with Crippen LogP contribution < -0.4 is 14.8 Å². The van der Waals surface area contributed by atoms with Gasteiger partial charge in [0.1, 0.15) is 11.5 Å². The Balaban J connectivity index is 1.45. The van der Waals surface area contributed by atoms with Gasteiger partial charge in [0.2, 0.25) is 0 Å². The number of nitrogens with zero attached hydrogens (tertiary/aromatic N) is 2. The zero-order valence-corrected chi connectivity index (χ0v) is 21.5. The zero-order valence-electron chi connectivity index (χ0n) is 21.5. The first-order valence-electron chi connectivity index (χ1n) is 12.7. The molecule has 1 saturated heterocycles. The Morgan fingerprint density at radius 3 is 2.39 bits per heavy atom. The summed E-state index contributed by atoms with van der Waals surface area (Å²) in [5.41, 5.74) is 2.99. The standard InChI is InChI=1S/C29H31F2N3O4/c1-3-37-24-10-6-4-8-21(24)18-32-27(35)23-13-12-19(2)33-26(23)20-14-16-34(17-15-20)28(36)22-9-5-7-11-25(22)38-29(30)31/h4-13,20,29H,3,14-18H2,1-2H3,(H,32,35). The molecule has 0 aliphatic carbocycles. The molecule has 1 aliphatic rings. The lowest BCUT2D eigenvalue weighted by Gasteiger charge is -2.32. The fourth-order valence-electron chi connectivity index (χ4n) is 4.67. The Morgan fingerprint density at radius 2 is 1.68 bits per heavy atom. The summed E-state index contributed by atoms with van der Waals surface area (Å²) in [6.45, 7) is 2.43. The van der Waals surface area contributed by atoms with Crippen molar-refractivity contribution in [3.63, 3.8) is 0 Å². The highest BCUT2D eigenvalue weighted by molar-refractivity contribution is 5.97. The number of benzene rings is 2. The second-order valence-corrected chi connectivity index (χ2v) is 9.05. The predicted molar refractivity (Wildman–Crippen MR) is 139 cm³/mol. The molecule has 1 aliphatic heterocycles. The number of pyridine rings is 1. The monoisotopic (exact) mass is 523 g/mol. The molecule has 1 aromatic heterocycles. The van der Waals surface area contributed by atoms with Crippen molar-refractivity contribution in [1.82, 2.24) is 15.2 Å². The lowest BCUT2D eigenvalue weighted by molar-refractivity contribution is -0.0503. The van der Waals surface area contributed by atoms with Crippen molar-refractivity contribution in [2.45, 2.75) is 45.8 Å². The Morgan fingerprint density at radius 1 is 1.00 bits per heavy atom. The molecule has 2 aromatic carbocycles. The molecular formula is C29H31F2N3O4. The second kappa shape index (κ2) is 12.5. The number of hydrogen-bond donors (Lipinski definition) is 1. The van der Waals surface area contributed by atoms with E-state index in [9.17, 15) is 18.4 Å². The van der Waals surface area contributed by atoms with Gasteiger partial charge >= 0.3 is 6.61 Å². The normalized spacial score (nSPS) is 13.9. The van der Waals surface area contributed by atoms with Crippen molar-refractivity contribution < 1.29 is 27.8 Å². The number of ether oxygens (including phenoxy) is 2. The SMILES string of the molecule is CCOc1ccccc1CNC(=O)c1ccc(C)nc1C1CCN(C(=O)c2ccccc2OC(F)F)CC1. The van der Waals surface area contributed by atoms with E-state index in [0.717, 1.165) is 17.0 Å². The summed E-state index contributed by atoms with van der Waals surface area (Å²) in [5, 5.41) is 2.98. The van der Waals surface area contributed by atoms with Crippen molar-refractivity contribution >= 4 is 11.8 Å². The summed E-state index contributed by atoms with van der Waals surface area (Å²) in [6.07, 6.45) is 1.18. The van der Waals surface area contributed by atoms with Gasteiger partial charge in [0, 0.05) is 36.8 Å². The van der Waals surface area contributed by atoms with Gasteiger partial charge in [-0.15, -0.1) is 0 Å². The van der Waals surface area contributed by atoms with Crippen molar-refractivity contribution in [3.8, 4) is 11.5 Å². The minimum Gasteiger partial charge on any atom is -0.494 e. The van der Waals surface area contributed by atoms with E-state index in [0.29, 0.717) is 50.3 Å². The summed E-state index contributed by atoms with van der Waals surface area (Å²) in [6, 6.07) is 17.2. The highest BCUT2D eigenvalue weighted by atomic mass is 19.3. The van der Waals surface area contributed by atoms with Crippen LogP contribution in [0.5, 0.6) is 11.5 Å². The molecule has 1 fully saturated rings. The number of alkyl halides is 2. The van der Waals surface area contributed by atoms with Gasteiger partial charge in [-0.1, -0.05) is 30.3 Å². The topological polar surface area (TPSA) is 80.8 Å². The van der Waals surface area contributed by atoms with Crippen molar-refractivity contribution in [3.05, 3.63) is 88.7 Å². The van der Waals surface area contributed by atoms with Crippen LogP contribution in [0.25, 0.3) is 0 Å². The van der Waals surface area contributed by atoms with Crippen molar-refractivity contribution in [2.75, 3.05) is 19.7 Å². The van der Waals surface area contributed by atoms with Crippen molar-refractivity contribution in [1.29, 1.82) is 0 Å². The molecule has 38 heavy (non-hydrogen) atoms. The van der Waals surface area contributed by atoms with Crippen LogP contribution in [0.1, 0.15) is 63.4 Å². The summed E-state index contributed by atoms with van der Waals surface area (Å²) in [4.78, 5) is 32.6. The number of nitrogens with one attached hydrogen (secondary N) is 1. The number of piperidine rings is 1. The minimum absolute atomic E-state index is 0.0250. The first kappa shape index (κ1) is 27.0. The predicted octanol–water partition coefficient (Wildman–Crippen LogP) is 5.34. The molecule has 1 N–H and O–H groups in total. The molecule has 0 bridgehead atoms. The number of aryl methyl sites for hydroxylation is 1. The maximum atomic E-state index is 13.2. The maximum Gasteiger partial charge on any atom is 0.387 e. The second-order valence-electron chi connectivity index (χ2n) is 9.05. The van der Waals surface area contributed by atoms with Crippen LogP contribution in [0, 0.1) is 6.92 Å². The average molecular weight is 524 g/mol. The van der Waals surface area contributed by atoms with E-state index >= 15 is 0 Å². The first-order chi connectivity index (χ1) is 18.4. The van der Waals surface area contributed by atoms with Gasteiger partial charge in [0.15, 0.2) is 0 Å². The Bertz CT molecular complexity index is 1280. The van der Waals surface area contributed by atoms with Gasteiger partial charge in [-0.05, 0) is 57.0 Å². The summed E-state index contributed by atoms with van der Waals surface area (Å²) >= 11 is 0. The van der Waals surface area contributed by atoms with Gasteiger partial charge in [-0.2, -0.15) is 8.78 Å². The molecular weight excluding hydrogens is 492 g/mol. The highest BCUT2D eigenvalue weighted by Crippen LogP contribution is 2.31. The number of carbonyl (C=O) groups excluding carboxylic acids is 2. The fraction of sp³-hybridized carbons (Fsp3) is 0.345. The number of amides is 2. The van der Waals surface area contributed by atoms with E-state index in [1.165, 1.54) is 12.1 Å². The highest BCUT2D eigenvalue weighted by Gasteiger charge is 2.29. The van der Waals surface area contributed by atoms with Gasteiger partial charge in [0.05, 0.1) is 23.4 Å². The van der Waals surface area contributed by atoms with Crippen LogP contribution in [0.2, 0.25) is 0 Å². The zero-order chi connectivity index (χ0) is 27.1. The minimum atomic E-state index is -3.01. The van der Waals surface area contributed by atoms with Crippen LogP contribution in [0.15, 0.2) is 60.7 Å². The molecule has 2 amide bonds. The number of aromatic nitrogens is 1. The number of likely N-dealkylation sites (tertiary alicyclic amines) is 1. The Hall–Kier alpha value is -4.01. The lowest BCUT2D eigenvalue weighted by atomic mass is 9.89. The third kappa shape index (κ3) is 6.45. The van der Waals surface area contributed by atoms with Crippen LogP contribution in [-0.4, -0.2) is 48.0 Å². The van der Waals surface area contributed by atoms with E-state index in [1.807, 2.05) is 44.2 Å². The van der Waals surface area contributed by atoms with Gasteiger partial charge in [0.25, 0.3) is 11.8 Å². The molecule has 0 radical (unpaired) electrons. The van der Waals surface area contributed by atoms with E-state index < -0.39 is 6.61 Å². The molecule has 3 aromatic rings. The van der Waals surface area contributed by atoms with E-state index in [2.05, 4.69) is 10.1 Å². The molecule has 200 valence electrons.